The number of rotatable bonds is 5. The Hall–Kier alpha value is -2.10. The van der Waals surface area contributed by atoms with Gasteiger partial charge in [-0.3, -0.25) is 0 Å². The van der Waals surface area contributed by atoms with Crippen molar-refractivity contribution in [1.29, 1.82) is 0 Å². The van der Waals surface area contributed by atoms with Gasteiger partial charge in [-0.05, 0) is 30.7 Å². The lowest BCUT2D eigenvalue weighted by atomic mass is 10.2. The maximum atomic E-state index is 11.9. The van der Waals surface area contributed by atoms with E-state index in [9.17, 15) is 13.2 Å². The molecule has 1 atom stereocenters. The molecule has 1 rings (SSSR count). The highest BCUT2D eigenvalue weighted by Gasteiger charge is 2.15. The fourth-order valence-corrected chi connectivity index (χ4v) is 2.42. The lowest BCUT2D eigenvalue weighted by molar-refractivity contribution is -0.131. The number of sulfonamides is 1. The van der Waals surface area contributed by atoms with Crippen LogP contribution in [-0.4, -0.2) is 25.5 Å². The Balaban J connectivity index is 2.93. The summed E-state index contributed by atoms with van der Waals surface area (Å²) >= 11 is 0. The third kappa shape index (κ3) is 4.58. The number of hydrogen-bond acceptors (Lipinski definition) is 3. The molecule has 0 spiro atoms. The number of aliphatic carboxylic acids is 1. The van der Waals surface area contributed by atoms with Gasteiger partial charge in [0.1, 0.15) is 0 Å². The minimum Gasteiger partial charge on any atom is -0.478 e. The van der Waals surface area contributed by atoms with Gasteiger partial charge in [0.25, 0.3) is 0 Å². The average molecular weight is 279 g/mol. The molecule has 0 heterocycles. The van der Waals surface area contributed by atoms with Crippen LogP contribution in [0, 0.1) is 12.3 Å². The van der Waals surface area contributed by atoms with Gasteiger partial charge in [-0.15, -0.1) is 6.42 Å². The Labute approximate surface area is 112 Å². The molecule has 1 aromatic carbocycles. The van der Waals surface area contributed by atoms with Crippen molar-refractivity contribution in [3.63, 3.8) is 0 Å². The smallest absolute Gasteiger partial charge is 0.328 e. The summed E-state index contributed by atoms with van der Waals surface area (Å²) in [6.07, 6.45) is 7.45. The molecule has 1 unspecified atom stereocenters. The molecule has 0 radical (unpaired) electrons. The zero-order valence-electron chi connectivity index (χ0n) is 10.2. The molecule has 0 aromatic heterocycles. The van der Waals surface area contributed by atoms with Gasteiger partial charge in [0.15, 0.2) is 0 Å². The molecule has 100 valence electrons. The SMILES string of the molecule is C#CC(C)NS(=O)(=O)c1ccc(/C=C/C(=O)O)cc1. The van der Waals surface area contributed by atoms with E-state index in [2.05, 4.69) is 10.6 Å². The van der Waals surface area contributed by atoms with Crippen LogP contribution in [0.3, 0.4) is 0 Å². The summed E-state index contributed by atoms with van der Waals surface area (Å²) in [4.78, 5) is 10.4. The number of carboxylic acid groups (broad SMARTS) is 1. The molecule has 0 aliphatic carbocycles. The molecular weight excluding hydrogens is 266 g/mol. The highest BCUT2D eigenvalue weighted by atomic mass is 32.2. The summed E-state index contributed by atoms with van der Waals surface area (Å²) in [6.45, 7) is 1.56. The monoisotopic (exact) mass is 279 g/mol. The lowest BCUT2D eigenvalue weighted by Gasteiger charge is -2.08. The van der Waals surface area contributed by atoms with Crippen molar-refractivity contribution in [2.24, 2.45) is 0 Å². The van der Waals surface area contributed by atoms with E-state index in [0.717, 1.165) is 6.08 Å². The van der Waals surface area contributed by atoms with E-state index in [1.54, 1.807) is 6.92 Å². The van der Waals surface area contributed by atoms with Crippen molar-refractivity contribution in [3.8, 4) is 12.3 Å². The van der Waals surface area contributed by atoms with Crippen LogP contribution in [0.15, 0.2) is 35.2 Å². The van der Waals surface area contributed by atoms with Crippen LogP contribution in [-0.2, 0) is 14.8 Å². The van der Waals surface area contributed by atoms with Crippen molar-refractivity contribution in [3.05, 3.63) is 35.9 Å². The first kappa shape index (κ1) is 15.0. The zero-order chi connectivity index (χ0) is 14.5. The molecule has 0 aliphatic heterocycles. The van der Waals surface area contributed by atoms with Gasteiger partial charge < -0.3 is 5.11 Å². The minimum absolute atomic E-state index is 0.0714. The Morgan fingerprint density at radius 1 is 1.42 bits per heavy atom. The Kier molecular flexibility index (Phi) is 4.87. The second-order valence-corrected chi connectivity index (χ2v) is 5.46. The van der Waals surface area contributed by atoms with E-state index >= 15 is 0 Å². The topological polar surface area (TPSA) is 83.5 Å². The highest BCUT2D eigenvalue weighted by molar-refractivity contribution is 7.89. The third-order valence-electron chi connectivity index (χ3n) is 2.19. The summed E-state index contributed by atoms with van der Waals surface area (Å²) in [5.41, 5.74) is 0.589. The molecule has 0 bridgehead atoms. The molecule has 5 nitrogen and oxygen atoms in total. The van der Waals surface area contributed by atoms with Crippen LogP contribution in [0.25, 0.3) is 6.08 Å². The summed E-state index contributed by atoms with van der Waals surface area (Å²) in [6, 6.07) is 5.18. The van der Waals surface area contributed by atoms with Gasteiger partial charge in [-0.2, -0.15) is 4.72 Å². The van der Waals surface area contributed by atoms with Crippen molar-refractivity contribution in [2.45, 2.75) is 17.9 Å². The summed E-state index contributed by atoms with van der Waals surface area (Å²) < 4.78 is 26.0. The average Bonchev–Trinajstić information content (AvgIpc) is 2.36. The van der Waals surface area contributed by atoms with Crippen molar-refractivity contribution < 1.29 is 18.3 Å². The van der Waals surface area contributed by atoms with Gasteiger partial charge in [0.2, 0.25) is 10.0 Å². The highest BCUT2D eigenvalue weighted by Crippen LogP contribution is 2.12. The van der Waals surface area contributed by atoms with Crippen LogP contribution in [0.4, 0.5) is 0 Å². The summed E-state index contributed by atoms with van der Waals surface area (Å²) in [7, 11) is -3.65. The number of carbonyl (C=O) groups is 1. The van der Waals surface area contributed by atoms with E-state index in [-0.39, 0.29) is 4.90 Å². The first-order valence-corrected chi connectivity index (χ1v) is 6.83. The largest absolute Gasteiger partial charge is 0.478 e. The predicted molar refractivity (Wildman–Crippen MR) is 71.7 cm³/mol. The standard InChI is InChI=1S/C13H13NO4S/c1-3-10(2)14-19(17,18)12-7-4-11(5-8-12)6-9-13(15)16/h1,4-10,14H,2H3,(H,15,16)/b9-6+. The second kappa shape index (κ2) is 6.18. The molecule has 0 saturated heterocycles. The molecule has 0 aliphatic rings. The quantitative estimate of drug-likeness (QED) is 0.624. The van der Waals surface area contributed by atoms with Gasteiger partial charge in [-0.1, -0.05) is 18.1 Å². The zero-order valence-corrected chi connectivity index (χ0v) is 11.0. The van der Waals surface area contributed by atoms with Crippen molar-refractivity contribution in [1.82, 2.24) is 4.72 Å². The Morgan fingerprint density at radius 2 is 2.00 bits per heavy atom. The van der Waals surface area contributed by atoms with Crippen LogP contribution in [0.1, 0.15) is 12.5 Å². The Morgan fingerprint density at radius 3 is 2.47 bits per heavy atom. The molecular formula is C13H13NO4S. The van der Waals surface area contributed by atoms with Crippen LogP contribution < -0.4 is 4.72 Å². The second-order valence-electron chi connectivity index (χ2n) is 3.75. The fraction of sp³-hybridized carbons (Fsp3) is 0.154. The van der Waals surface area contributed by atoms with Crippen LogP contribution in [0.5, 0.6) is 0 Å². The third-order valence-corrected chi connectivity index (χ3v) is 3.75. The van der Waals surface area contributed by atoms with E-state index < -0.39 is 22.0 Å². The summed E-state index contributed by atoms with van der Waals surface area (Å²) in [5.74, 6) is 1.20. The normalized spacial score (nSPS) is 13.1. The minimum atomic E-state index is -3.65. The van der Waals surface area contributed by atoms with Gasteiger partial charge in [0, 0.05) is 6.08 Å². The number of hydrogen-bond donors (Lipinski definition) is 2. The molecule has 0 saturated carbocycles. The van der Waals surface area contributed by atoms with E-state index in [1.807, 2.05) is 0 Å². The maximum absolute atomic E-state index is 11.9. The maximum Gasteiger partial charge on any atom is 0.328 e. The van der Waals surface area contributed by atoms with Gasteiger partial charge in [-0.25, -0.2) is 13.2 Å². The molecule has 0 amide bonds. The van der Waals surface area contributed by atoms with E-state index in [1.165, 1.54) is 30.3 Å². The number of carboxylic acids is 1. The summed E-state index contributed by atoms with van der Waals surface area (Å²) in [5, 5.41) is 8.47. The number of nitrogens with one attached hydrogen (secondary N) is 1. The van der Waals surface area contributed by atoms with Gasteiger partial charge in [0.05, 0.1) is 10.9 Å². The van der Waals surface area contributed by atoms with Crippen molar-refractivity contribution >= 4 is 22.1 Å². The van der Waals surface area contributed by atoms with Gasteiger partial charge >= 0.3 is 5.97 Å². The molecule has 1 aromatic rings. The number of benzene rings is 1. The van der Waals surface area contributed by atoms with Crippen LogP contribution >= 0.6 is 0 Å². The van der Waals surface area contributed by atoms with Crippen LogP contribution in [0.2, 0.25) is 0 Å². The predicted octanol–water partition coefficient (Wildman–Crippen LogP) is 1.08. The molecule has 6 heteroatoms. The first-order valence-electron chi connectivity index (χ1n) is 5.34. The molecule has 19 heavy (non-hydrogen) atoms. The Bertz CT molecular complexity index is 624. The van der Waals surface area contributed by atoms with E-state index in [0.29, 0.717) is 5.56 Å². The van der Waals surface area contributed by atoms with E-state index in [4.69, 9.17) is 11.5 Å². The number of terminal acetylenes is 1. The fourth-order valence-electron chi connectivity index (χ4n) is 1.26. The van der Waals surface area contributed by atoms with Crippen molar-refractivity contribution in [2.75, 3.05) is 0 Å². The first-order chi connectivity index (χ1) is 8.85. The molecule has 0 fully saturated rings. The molecule has 2 N–H and O–H groups in total. The lowest BCUT2D eigenvalue weighted by Crippen LogP contribution is -2.31.